The highest BCUT2D eigenvalue weighted by molar-refractivity contribution is 7.98. The van der Waals surface area contributed by atoms with E-state index in [1.54, 1.807) is 58.9 Å². The van der Waals surface area contributed by atoms with Crippen molar-refractivity contribution in [3.05, 3.63) is 125 Å². The lowest BCUT2D eigenvalue weighted by atomic mass is 9.85. The van der Waals surface area contributed by atoms with E-state index in [2.05, 4.69) is 63.1 Å². The molecule has 2 aliphatic rings. The summed E-state index contributed by atoms with van der Waals surface area (Å²) in [6.45, 7) is 15.0. The molecule has 32 heteroatoms. The summed E-state index contributed by atoms with van der Waals surface area (Å²) >= 11 is 3.01. The maximum absolute atomic E-state index is 15.0. The maximum Gasteiger partial charge on any atom is 0.303 e. The van der Waals surface area contributed by atoms with Crippen LogP contribution in [0.3, 0.4) is 0 Å². The number of nitrogens with zero attached hydrogens (tertiary/aromatic N) is 2. The van der Waals surface area contributed by atoms with Crippen LogP contribution >= 0.6 is 23.5 Å². The molecule has 2 unspecified atom stereocenters. The Morgan fingerprint density at radius 1 is 0.617 bits per heavy atom. The fourth-order valence-corrected chi connectivity index (χ4v) is 13.8. The number of aliphatic hydroxyl groups excluding tert-OH is 2. The van der Waals surface area contributed by atoms with Gasteiger partial charge in [0.1, 0.15) is 76.6 Å². The first-order valence-electron chi connectivity index (χ1n) is 35.6. The van der Waals surface area contributed by atoms with Gasteiger partial charge in [-0.15, -0.1) is 0 Å². The lowest BCUT2D eigenvalue weighted by Crippen LogP contribution is -2.67. The van der Waals surface area contributed by atoms with Crippen LogP contribution in [-0.2, 0) is 88.3 Å². The summed E-state index contributed by atoms with van der Waals surface area (Å²) < 4.78 is 0. The topological polar surface area (TPSA) is 458 Å². The molecule has 11 atom stereocenters. The molecule has 0 aliphatic carbocycles. The van der Waals surface area contributed by atoms with E-state index in [-0.39, 0.29) is 56.7 Å². The SMILES string of the molecule is CC(C)[C@]1(C)NC(=O)[C@H](Cc2ccc(O)cc2)NC(=O)[C@H](CCC(=O)O)NC(=O)C(C)(C)NC(=O)[C@H](Cc2c[nH]c3ncccc23)NC(=O)[C@H]([C@@H](C)O)NC(=O)[C@@H]2CCCN2C(=O)[C@H](Cc2ccc(O)cc2)NC(=O)C(C(C)(C)C)NC(=O)CCSCc2cccc(c2)CSCCNC(=O)C([C@H](C)O)NC1=O. The summed E-state index contributed by atoms with van der Waals surface area (Å²) in [5.74, 6) is -9.96. The Labute approximate surface area is 629 Å². The number of rotatable bonds is 12. The first-order valence-corrected chi connectivity index (χ1v) is 37.9. The number of aliphatic hydroxyl groups is 2. The van der Waals surface area contributed by atoms with Gasteiger partial charge < -0.3 is 88.6 Å². The number of hydrogen-bond donors (Lipinski definition) is 16. The molecule has 0 spiro atoms. The minimum Gasteiger partial charge on any atom is -0.508 e. The number of phenols is 2. The summed E-state index contributed by atoms with van der Waals surface area (Å²) in [5.41, 5.74) is -1.10. The number of carbonyl (C=O) groups is 12. The van der Waals surface area contributed by atoms with Gasteiger partial charge in [0.15, 0.2) is 0 Å². The Hall–Kier alpha value is -9.79. The van der Waals surface area contributed by atoms with Crippen LogP contribution in [0.15, 0.2) is 97.3 Å². The summed E-state index contributed by atoms with van der Waals surface area (Å²) in [4.78, 5) is 181. The van der Waals surface area contributed by atoms with E-state index in [1.807, 2.05) is 24.3 Å². The molecule has 16 N–H and O–H groups in total. The van der Waals surface area contributed by atoms with E-state index < -0.39 is 167 Å². The Morgan fingerprint density at radius 3 is 1.79 bits per heavy atom. The zero-order chi connectivity index (χ0) is 78.7. The minimum atomic E-state index is -2.03. The number of carboxylic acids is 1. The lowest BCUT2D eigenvalue weighted by molar-refractivity contribution is -0.143. The Bertz CT molecular complexity index is 4000. The molecular formula is C75H101N13O17S2. The van der Waals surface area contributed by atoms with Crippen LogP contribution < -0.4 is 53.2 Å². The summed E-state index contributed by atoms with van der Waals surface area (Å²) in [5, 5.41) is 79.8. The van der Waals surface area contributed by atoms with Crippen molar-refractivity contribution in [3.8, 4) is 11.5 Å². The van der Waals surface area contributed by atoms with Gasteiger partial charge in [0.05, 0.1) is 12.2 Å². The van der Waals surface area contributed by atoms with Crippen molar-refractivity contribution in [1.29, 1.82) is 0 Å². The van der Waals surface area contributed by atoms with Gasteiger partial charge in [-0.1, -0.05) is 83.1 Å². The van der Waals surface area contributed by atoms with Gasteiger partial charge in [0.2, 0.25) is 65.0 Å². The first kappa shape index (κ1) is 84.5. The van der Waals surface area contributed by atoms with Crippen molar-refractivity contribution in [2.24, 2.45) is 11.3 Å². The second kappa shape index (κ2) is 38.1. The number of phenolic OH excluding ortho intramolecular Hbond substituents is 2. The van der Waals surface area contributed by atoms with Gasteiger partial charge in [-0.3, -0.25) is 57.5 Å². The predicted molar refractivity (Wildman–Crippen MR) is 401 cm³/mol. The molecule has 1 fully saturated rings. The zero-order valence-corrected chi connectivity index (χ0v) is 63.5. The molecule has 2 aliphatic heterocycles. The number of hydrogen-bond acceptors (Lipinski definition) is 19. The smallest absolute Gasteiger partial charge is 0.303 e. The van der Waals surface area contributed by atoms with Crippen molar-refractivity contribution < 1.29 is 83.1 Å². The average molecular weight is 1520 g/mol. The van der Waals surface area contributed by atoms with Crippen LogP contribution in [0.2, 0.25) is 0 Å². The molecule has 3 aromatic carbocycles. The molecular weight excluding hydrogens is 1420 g/mol. The summed E-state index contributed by atoms with van der Waals surface area (Å²) in [6.07, 6.45) is -1.68. The number of pyridine rings is 1. The molecule has 4 heterocycles. The van der Waals surface area contributed by atoms with E-state index in [0.29, 0.717) is 57.2 Å². The summed E-state index contributed by atoms with van der Waals surface area (Å²) in [6, 6.07) is 10.6. The monoisotopic (exact) mass is 1520 g/mol. The average Bonchev–Trinajstić information content (AvgIpc) is 1.78. The van der Waals surface area contributed by atoms with E-state index in [9.17, 15) is 78.3 Å². The lowest BCUT2D eigenvalue weighted by Gasteiger charge is -2.36. The molecule has 2 aromatic heterocycles. The van der Waals surface area contributed by atoms with Gasteiger partial charge in [-0.05, 0) is 129 Å². The third-order valence-electron chi connectivity index (χ3n) is 18.8. The normalized spacial score (nSPS) is 24.7. The molecule has 2 bridgehead atoms. The molecule has 0 saturated carbocycles. The Balaban J connectivity index is 1.21. The van der Waals surface area contributed by atoms with Crippen molar-refractivity contribution in [2.45, 2.75) is 204 Å². The van der Waals surface area contributed by atoms with Gasteiger partial charge in [0, 0.05) is 86.0 Å². The number of aromatic hydroxyl groups is 2. The fraction of sp³-hybridized carbons (Fsp3) is 0.507. The summed E-state index contributed by atoms with van der Waals surface area (Å²) in [7, 11) is 0. The quantitative estimate of drug-likeness (QED) is 0.0851. The molecule has 7 rings (SSSR count). The third kappa shape index (κ3) is 24.1. The number of aliphatic carboxylic acids is 1. The van der Waals surface area contributed by atoms with Crippen molar-refractivity contribution in [1.82, 2.24) is 68.0 Å². The predicted octanol–water partition coefficient (Wildman–Crippen LogP) is 2.17. The number of aromatic nitrogens is 2. The fourth-order valence-electron chi connectivity index (χ4n) is 12.2. The Morgan fingerprint density at radius 2 is 1.19 bits per heavy atom. The number of nitrogens with one attached hydrogen (secondary N) is 11. The van der Waals surface area contributed by atoms with Crippen LogP contribution in [-0.4, -0.2) is 208 Å². The minimum absolute atomic E-state index is 0.0200. The number of carboxylic acid groups (broad SMARTS) is 1. The number of amides is 11. The number of thioether (sulfide) groups is 2. The van der Waals surface area contributed by atoms with E-state index in [4.69, 9.17) is 0 Å². The molecule has 1 saturated heterocycles. The molecule has 107 heavy (non-hydrogen) atoms. The molecule has 11 amide bonds. The van der Waals surface area contributed by atoms with Gasteiger partial charge in [0.25, 0.3) is 0 Å². The van der Waals surface area contributed by atoms with Crippen molar-refractivity contribution >= 4 is 106 Å². The van der Waals surface area contributed by atoms with Crippen LogP contribution in [0.5, 0.6) is 11.5 Å². The number of carbonyl (C=O) groups excluding carboxylic acids is 11. The van der Waals surface area contributed by atoms with Crippen LogP contribution in [0.1, 0.15) is 129 Å². The van der Waals surface area contributed by atoms with Gasteiger partial charge in [-0.2, -0.15) is 23.5 Å². The molecule has 30 nitrogen and oxygen atoms in total. The molecule has 0 radical (unpaired) electrons. The molecule has 5 aromatic rings. The highest BCUT2D eigenvalue weighted by Crippen LogP contribution is 2.27. The molecule has 580 valence electrons. The standard InChI is InChI=1S/C75H101N13O17S2/c1-41(2)75(10)72(105)85-59(42(3)89)67(100)77-30-33-107-40-47-15-11-14-46(34-47)39-106-32-28-57(93)83-61(73(5,6)7)69(102)81-55(36-45-20-24-50(92)25-21-45)70(103)88-31-13-17-56(88)66(99)84-60(43(4)90)68(101)80-54(37-48-38-78-62-51(48)16-12-29-76-62)64(97)86-74(8,9)71(104)82-52(26-27-58(94)95)63(96)79-53(65(98)87-75)35-44-18-22-49(91)23-19-44/h11-12,14-16,18-25,29,34,38,41-43,52-56,59-61,89-92H,13,17,26-28,30-33,35-37,39-40H2,1-10H3,(H,76,78)(H,77,100)(H,79,96)(H,80,101)(H,81,102)(H,82,104)(H,83,93)(H,84,99)(H,85,105)(H,86,97)(H,87,98)(H,94,95)/t42-,43+,52-,53-,54-,55-,56-,59?,60-,61?,75-/m0/s1. The van der Waals surface area contributed by atoms with Crippen LogP contribution in [0, 0.1) is 11.3 Å². The van der Waals surface area contributed by atoms with Gasteiger partial charge in [-0.25, -0.2) is 4.98 Å². The van der Waals surface area contributed by atoms with Crippen molar-refractivity contribution in [3.63, 3.8) is 0 Å². The maximum atomic E-state index is 15.0. The highest BCUT2D eigenvalue weighted by atomic mass is 32.2. The van der Waals surface area contributed by atoms with Crippen LogP contribution in [0.25, 0.3) is 11.0 Å². The van der Waals surface area contributed by atoms with E-state index in [1.165, 1.54) is 112 Å². The number of fused-ring (bicyclic) bond motifs is 4. The highest BCUT2D eigenvalue weighted by Gasteiger charge is 2.45. The second-order valence-corrected chi connectivity index (χ2v) is 31.4. The van der Waals surface area contributed by atoms with Crippen molar-refractivity contribution in [2.75, 3.05) is 24.6 Å². The van der Waals surface area contributed by atoms with E-state index >= 15 is 4.79 Å². The largest absolute Gasteiger partial charge is 0.508 e. The van der Waals surface area contributed by atoms with E-state index in [0.717, 1.165) is 11.1 Å². The van der Waals surface area contributed by atoms with Crippen LogP contribution in [0.4, 0.5) is 0 Å². The zero-order valence-electron chi connectivity index (χ0n) is 61.8. The first-order chi connectivity index (χ1) is 50.4. The van der Waals surface area contributed by atoms with Gasteiger partial charge >= 0.3 is 5.97 Å². The number of benzene rings is 3. The Kier molecular flexibility index (Phi) is 30.1. The number of H-pyrrole nitrogens is 1. The third-order valence-corrected chi connectivity index (χ3v) is 20.9. The number of aromatic amines is 1. The second-order valence-electron chi connectivity index (χ2n) is 29.2.